The highest BCUT2D eigenvalue weighted by atomic mass is 28.3. The van der Waals surface area contributed by atoms with Crippen LogP contribution in [0, 0.1) is 11.8 Å². The first-order chi connectivity index (χ1) is 12.1. The molecular weight excluding hydrogens is 344 g/mol. The Balaban J connectivity index is 2.62. The Hall–Kier alpha value is -2.09. The zero-order valence-corrected chi connectivity index (χ0v) is 18.9. The minimum atomic E-state index is -1.42. The molecule has 0 radical (unpaired) electrons. The number of allylic oxidation sites excluding steroid dienone is 2. The molecule has 134 valence electrons. The summed E-state index contributed by atoms with van der Waals surface area (Å²) >= 11 is 0. The molecule has 0 saturated carbocycles. The van der Waals surface area contributed by atoms with Crippen molar-refractivity contribution in [3.8, 4) is 11.8 Å². The van der Waals surface area contributed by atoms with Crippen LogP contribution in [-0.2, 0) is 0 Å². The molecule has 0 heterocycles. The highest BCUT2D eigenvalue weighted by Gasteiger charge is 2.17. The van der Waals surface area contributed by atoms with Crippen molar-refractivity contribution in [2.75, 3.05) is 0 Å². The fourth-order valence-corrected chi connectivity index (χ4v) is 4.92. The van der Waals surface area contributed by atoms with Gasteiger partial charge < -0.3 is 0 Å². The van der Waals surface area contributed by atoms with E-state index in [0.29, 0.717) is 0 Å². The second-order valence-corrected chi connectivity index (χ2v) is 18.9. The molecule has 0 atom stereocenters. The average Bonchev–Trinajstić information content (AvgIpc) is 2.56. The van der Waals surface area contributed by atoms with Gasteiger partial charge in [-0.15, -0.1) is 0 Å². The van der Waals surface area contributed by atoms with Crippen molar-refractivity contribution < 1.29 is 0 Å². The minimum absolute atomic E-state index is 1.06. The van der Waals surface area contributed by atoms with Crippen LogP contribution in [-0.4, -0.2) is 16.1 Å². The van der Waals surface area contributed by atoms with Crippen LogP contribution in [0.1, 0.15) is 11.1 Å². The second kappa shape index (κ2) is 8.53. The van der Waals surface area contributed by atoms with Gasteiger partial charge in [0.1, 0.15) is 0 Å². The SMILES string of the molecule is C[Si](C)(C)/C=C(C#Cc1ccccc1)/C(=C/[Si](C)(C)C)c1ccccc1. The summed E-state index contributed by atoms with van der Waals surface area (Å²) in [5.74, 6) is 6.90. The summed E-state index contributed by atoms with van der Waals surface area (Å²) in [5, 5.41) is 0. The summed E-state index contributed by atoms with van der Waals surface area (Å²) < 4.78 is 0. The molecule has 0 aliphatic heterocycles. The maximum absolute atomic E-state index is 3.51. The van der Waals surface area contributed by atoms with Gasteiger partial charge >= 0.3 is 0 Å². The van der Waals surface area contributed by atoms with Gasteiger partial charge in [-0.05, 0) is 23.3 Å². The summed E-state index contributed by atoms with van der Waals surface area (Å²) in [6, 6.07) is 21.0. The van der Waals surface area contributed by atoms with E-state index in [-0.39, 0.29) is 0 Å². The number of hydrogen-bond acceptors (Lipinski definition) is 0. The van der Waals surface area contributed by atoms with E-state index in [1.165, 1.54) is 16.7 Å². The lowest BCUT2D eigenvalue weighted by Gasteiger charge is -2.18. The Labute approximate surface area is 161 Å². The summed E-state index contributed by atoms with van der Waals surface area (Å²) in [6.07, 6.45) is 0. The molecule has 26 heavy (non-hydrogen) atoms. The largest absolute Gasteiger partial charge is 0.0861 e. The maximum Gasteiger partial charge on any atom is 0.0703 e. The summed E-state index contributed by atoms with van der Waals surface area (Å²) in [7, 11) is -2.82. The Morgan fingerprint density at radius 3 is 1.69 bits per heavy atom. The molecule has 2 aromatic rings. The molecule has 2 heteroatoms. The molecule has 0 aliphatic rings. The van der Waals surface area contributed by atoms with Gasteiger partial charge in [-0.25, -0.2) is 0 Å². The van der Waals surface area contributed by atoms with Crippen LogP contribution in [0.5, 0.6) is 0 Å². The monoisotopic (exact) mass is 374 g/mol. The van der Waals surface area contributed by atoms with Crippen molar-refractivity contribution in [1.82, 2.24) is 0 Å². The van der Waals surface area contributed by atoms with E-state index >= 15 is 0 Å². The highest BCUT2D eigenvalue weighted by Crippen LogP contribution is 2.27. The van der Waals surface area contributed by atoms with E-state index in [1.807, 2.05) is 18.2 Å². The van der Waals surface area contributed by atoms with Crippen LogP contribution in [0.3, 0.4) is 0 Å². The van der Waals surface area contributed by atoms with Crippen LogP contribution in [0.15, 0.2) is 77.6 Å². The number of benzene rings is 2. The molecule has 0 aromatic heterocycles. The van der Waals surface area contributed by atoms with Gasteiger partial charge in [0, 0.05) is 11.1 Å². The Morgan fingerprint density at radius 1 is 0.692 bits per heavy atom. The molecule has 0 aliphatic carbocycles. The molecular formula is C24H30Si2. The average molecular weight is 375 g/mol. The van der Waals surface area contributed by atoms with Gasteiger partial charge in [0.25, 0.3) is 0 Å². The van der Waals surface area contributed by atoms with Crippen LogP contribution in [0.4, 0.5) is 0 Å². The molecule has 2 rings (SSSR count). The zero-order chi connectivity index (χ0) is 19.2. The first kappa shape index (κ1) is 20.2. The van der Waals surface area contributed by atoms with Crippen molar-refractivity contribution in [2.45, 2.75) is 39.3 Å². The van der Waals surface area contributed by atoms with Gasteiger partial charge in [-0.3, -0.25) is 0 Å². The van der Waals surface area contributed by atoms with Crippen LogP contribution < -0.4 is 0 Å². The normalized spacial score (nSPS) is 13.2. The smallest absolute Gasteiger partial charge is 0.0703 e. The molecule has 0 saturated heterocycles. The van der Waals surface area contributed by atoms with Crippen molar-refractivity contribution in [2.24, 2.45) is 0 Å². The summed E-state index contributed by atoms with van der Waals surface area (Å²) in [6.45, 7) is 14.3. The molecule has 0 bridgehead atoms. The molecule has 0 fully saturated rings. The molecule has 0 unspecified atom stereocenters. The lowest BCUT2D eigenvalue weighted by atomic mass is 10.0. The lowest BCUT2D eigenvalue weighted by Crippen LogP contribution is -2.19. The second-order valence-electron chi connectivity index (χ2n) is 8.83. The zero-order valence-electron chi connectivity index (χ0n) is 16.9. The van der Waals surface area contributed by atoms with E-state index in [9.17, 15) is 0 Å². The fraction of sp³-hybridized carbons (Fsp3) is 0.250. The van der Waals surface area contributed by atoms with Gasteiger partial charge in [-0.2, -0.15) is 0 Å². The highest BCUT2D eigenvalue weighted by molar-refractivity contribution is 6.82. The van der Waals surface area contributed by atoms with Gasteiger partial charge in [0.15, 0.2) is 0 Å². The number of rotatable bonds is 4. The van der Waals surface area contributed by atoms with E-state index in [2.05, 4.69) is 105 Å². The molecule has 0 amide bonds. The molecule has 0 N–H and O–H groups in total. The van der Waals surface area contributed by atoms with Crippen LogP contribution in [0.25, 0.3) is 5.57 Å². The van der Waals surface area contributed by atoms with Crippen molar-refractivity contribution in [1.29, 1.82) is 0 Å². The van der Waals surface area contributed by atoms with Crippen LogP contribution in [0.2, 0.25) is 39.3 Å². The standard InChI is InChI=1S/C24H30Si2/c1-25(2,3)19-23(18-17-21-13-9-7-10-14-21)24(20-26(4,5)6)22-15-11-8-12-16-22/h7-16,19-20H,1-6H3/b23-19+,24-20+. The minimum Gasteiger partial charge on any atom is -0.0861 e. The van der Waals surface area contributed by atoms with Crippen LogP contribution >= 0.6 is 0 Å². The topological polar surface area (TPSA) is 0 Å². The predicted octanol–water partition coefficient (Wildman–Crippen LogP) is 6.80. The third-order valence-corrected chi connectivity index (χ3v) is 5.95. The lowest BCUT2D eigenvalue weighted by molar-refractivity contribution is 1.58. The molecule has 0 nitrogen and oxygen atoms in total. The van der Waals surface area contributed by atoms with Gasteiger partial charge in [0.2, 0.25) is 0 Å². The fourth-order valence-electron chi connectivity index (χ4n) is 2.64. The third kappa shape index (κ3) is 7.03. The van der Waals surface area contributed by atoms with E-state index < -0.39 is 16.1 Å². The first-order valence-corrected chi connectivity index (χ1v) is 16.4. The maximum atomic E-state index is 3.51. The van der Waals surface area contributed by atoms with Gasteiger partial charge in [0.05, 0.1) is 16.1 Å². The van der Waals surface area contributed by atoms with Crippen molar-refractivity contribution >= 4 is 21.7 Å². The van der Waals surface area contributed by atoms with E-state index in [4.69, 9.17) is 0 Å². The predicted molar refractivity (Wildman–Crippen MR) is 123 cm³/mol. The van der Waals surface area contributed by atoms with E-state index in [0.717, 1.165) is 5.56 Å². The first-order valence-electron chi connectivity index (χ1n) is 9.23. The Kier molecular flexibility index (Phi) is 6.64. The van der Waals surface area contributed by atoms with Crippen molar-refractivity contribution in [3.63, 3.8) is 0 Å². The van der Waals surface area contributed by atoms with Crippen molar-refractivity contribution in [3.05, 3.63) is 88.8 Å². The van der Waals surface area contributed by atoms with E-state index in [1.54, 1.807) is 0 Å². The Morgan fingerprint density at radius 2 is 1.19 bits per heavy atom. The summed E-state index contributed by atoms with van der Waals surface area (Å²) in [4.78, 5) is 0. The Bertz CT molecular complexity index is 834. The molecule has 0 spiro atoms. The summed E-state index contributed by atoms with van der Waals surface area (Å²) in [5.41, 5.74) is 9.75. The number of hydrogen-bond donors (Lipinski definition) is 0. The van der Waals surface area contributed by atoms with Gasteiger partial charge in [-0.1, -0.05) is 111 Å². The third-order valence-electron chi connectivity index (χ3n) is 3.64. The molecule has 2 aromatic carbocycles. The quantitative estimate of drug-likeness (QED) is 0.313.